The molecule has 110 valence electrons. The van der Waals surface area contributed by atoms with E-state index in [4.69, 9.17) is 28.0 Å². The van der Waals surface area contributed by atoms with E-state index in [2.05, 4.69) is 5.16 Å². The Morgan fingerprint density at radius 3 is 2.24 bits per heavy atom. The van der Waals surface area contributed by atoms with Crippen molar-refractivity contribution in [1.29, 1.82) is 0 Å². The lowest BCUT2D eigenvalue weighted by molar-refractivity contribution is -0.137. The molecule has 0 unspecified atom stereocenters. The Labute approximate surface area is 128 Å². The molecule has 0 saturated heterocycles. The quantitative estimate of drug-likeness (QED) is 0.542. The number of benzene rings is 2. The summed E-state index contributed by atoms with van der Waals surface area (Å²) in [6, 6.07) is 9.43. The molecule has 0 N–H and O–H groups in total. The Kier molecular flexibility index (Phi) is 4.75. The van der Waals surface area contributed by atoms with Crippen molar-refractivity contribution in [3.05, 3.63) is 63.6 Å². The second kappa shape index (κ2) is 6.37. The minimum absolute atomic E-state index is 0.0990. The van der Waals surface area contributed by atoms with E-state index in [0.29, 0.717) is 10.0 Å². The van der Waals surface area contributed by atoms with E-state index < -0.39 is 11.7 Å². The number of rotatable bonds is 3. The van der Waals surface area contributed by atoms with Gasteiger partial charge >= 0.3 is 6.18 Å². The van der Waals surface area contributed by atoms with Gasteiger partial charge in [-0.15, -0.1) is 0 Å². The highest BCUT2D eigenvalue weighted by Gasteiger charge is 2.32. The van der Waals surface area contributed by atoms with Gasteiger partial charge in [-0.1, -0.05) is 46.6 Å². The molecule has 0 aliphatic carbocycles. The molecule has 0 aliphatic rings. The van der Waals surface area contributed by atoms with Crippen LogP contribution in [0.3, 0.4) is 0 Å². The predicted octanol–water partition coefficient (Wildman–Crippen LogP) is 5.43. The van der Waals surface area contributed by atoms with Crippen LogP contribution in [0.15, 0.2) is 47.6 Å². The Morgan fingerprint density at radius 1 is 1.00 bits per heavy atom. The van der Waals surface area contributed by atoms with Gasteiger partial charge in [0.2, 0.25) is 0 Å². The predicted molar refractivity (Wildman–Crippen MR) is 76.1 cm³/mol. The van der Waals surface area contributed by atoms with Crippen molar-refractivity contribution >= 4 is 29.4 Å². The standard InChI is InChI=1S/C14H8Cl2F3NO/c15-10-5-11(16)7-12(6-10)21-20-8-9-3-1-2-4-13(9)14(17,18)19/h1-8H/b20-8+. The van der Waals surface area contributed by atoms with E-state index in [0.717, 1.165) is 12.3 Å². The molecule has 0 saturated carbocycles. The molecule has 0 spiro atoms. The van der Waals surface area contributed by atoms with Gasteiger partial charge in [0.1, 0.15) is 0 Å². The number of alkyl halides is 3. The van der Waals surface area contributed by atoms with Gasteiger partial charge in [0, 0.05) is 27.7 Å². The first-order chi connectivity index (χ1) is 9.86. The normalized spacial score (nSPS) is 11.9. The van der Waals surface area contributed by atoms with Crippen molar-refractivity contribution in [2.45, 2.75) is 6.18 Å². The molecule has 2 aromatic carbocycles. The van der Waals surface area contributed by atoms with Crippen LogP contribution in [0.4, 0.5) is 13.2 Å². The second-order valence-electron chi connectivity index (χ2n) is 4.02. The van der Waals surface area contributed by atoms with E-state index in [1.807, 2.05) is 0 Å². The largest absolute Gasteiger partial charge is 0.417 e. The summed E-state index contributed by atoms with van der Waals surface area (Å²) in [6.07, 6.45) is -3.47. The zero-order chi connectivity index (χ0) is 15.5. The lowest BCUT2D eigenvalue weighted by Crippen LogP contribution is -2.08. The van der Waals surface area contributed by atoms with Crippen molar-refractivity contribution in [2.24, 2.45) is 5.16 Å². The van der Waals surface area contributed by atoms with Crippen LogP contribution < -0.4 is 4.84 Å². The molecule has 0 fully saturated rings. The van der Waals surface area contributed by atoms with Crippen LogP contribution in [-0.2, 0) is 6.18 Å². The summed E-state index contributed by atoms with van der Waals surface area (Å²) in [4.78, 5) is 4.97. The Morgan fingerprint density at radius 2 is 1.62 bits per heavy atom. The lowest BCUT2D eigenvalue weighted by atomic mass is 10.1. The van der Waals surface area contributed by atoms with Gasteiger partial charge in [-0.25, -0.2) is 0 Å². The van der Waals surface area contributed by atoms with Crippen molar-refractivity contribution in [1.82, 2.24) is 0 Å². The average Bonchev–Trinajstić information content (AvgIpc) is 2.37. The first-order valence-electron chi connectivity index (χ1n) is 5.69. The fourth-order valence-corrected chi connectivity index (χ4v) is 2.10. The zero-order valence-electron chi connectivity index (χ0n) is 10.4. The smallest absolute Gasteiger partial charge is 0.357 e. The van der Waals surface area contributed by atoms with Gasteiger partial charge in [0.05, 0.1) is 11.8 Å². The molecular formula is C14H8Cl2F3NO. The van der Waals surface area contributed by atoms with E-state index in [9.17, 15) is 13.2 Å². The van der Waals surface area contributed by atoms with Crippen molar-refractivity contribution in [3.63, 3.8) is 0 Å². The summed E-state index contributed by atoms with van der Waals surface area (Å²) in [5.74, 6) is 0.230. The van der Waals surface area contributed by atoms with Crippen LogP contribution in [0, 0.1) is 0 Å². The molecule has 2 nitrogen and oxygen atoms in total. The molecular weight excluding hydrogens is 326 g/mol. The highest BCUT2D eigenvalue weighted by molar-refractivity contribution is 6.34. The molecule has 0 atom stereocenters. The molecule has 0 heterocycles. The number of nitrogens with zero attached hydrogens (tertiary/aromatic N) is 1. The summed E-state index contributed by atoms with van der Waals surface area (Å²) in [7, 11) is 0. The molecule has 7 heteroatoms. The topological polar surface area (TPSA) is 21.6 Å². The Balaban J connectivity index is 2.19. The minimum Gasteiger partial charge on any atom is -0.357 e. The van der Waals surface area contributed by atoms with E-state index in [1.165, 1.54) is 36.4 Å². The van der Waals surface area contributed by atoms with E-state index >= 15 is 0 Å². The van der Waals surface area contributed by atoms with Gasteiger partial charge in [-0.2, -0.15) is 13.2 Å². The molecule has 0 aliphatic heterocycles. The summed E-state index contributed by atoms with van der Waals surface area (Å²) < 4.78 is 38.3. The molecule has 0 bridgehead atoms. The summed E-state index contributed by atoms with van der Waals surface area (Å²) in [5.41, 5.74) is -0.889. The maximum atomic E-state index is 12.8. The van der Waals surface area contributed by atoms with Crippen LogP contribution in [0.1, 0.15) is 11.1 Å². The minimum atomic E-state index is -4.46. The second-order valence-corrected chi connectivity index (χ2v) is 4.89. The van der Waals surface area contributed by atoms with E-state index in [-0.39, 0.29) is 11.3 Å². The van der Waals surface area contributed by atoms with Crippen LogP contribution in [0.25, 0.3) is 0 Å². The summed E-state index contributed by atoms with van der Waals surface area (Å²) in [6.45, 7) is 0. The van der Waals surface area contributed by atoms with Gasteiger partial charge in [0.25, 0.3) is 0 Å². The van der Waals surface area contributed by atoms with Crippen LogP contribution in [0.2, 0.25) is 10.0 Å². The fraction of sp³-hybridized carbons (Fsp3) is 0.0714. The fourth-order valence-electron chi connectivity index (χ4n) is 1.59. The molecule has 0 aromatic heterocycles. The maximum absolute atomic E-state index is 12.8. The number of oxime groups is 1. The molecule has 0 amide bonds. The van der Waals surface area contributed by atoms with Gasteiger partial charge < -0.3 is 4.84 Å². The third kappa shape index (κ3) is 4.37. The van der Waals surface area contributed by atoms with E-state index in [1.54, 1.807) is 0 Å². The third-order valence-corrected chi connectivity index (χ3v) is 2.89. The number of hydrogen-bond acceptors (Lipinski definition) is 2. The first kappa shape index (κ1) is 15.7. The monoisotopic (exact) mass is 333 g/mol. The molecule has 0 radical (unpaired) electrons. The zero-order valence-corrected chi connectivity index (χ0v) is 11.9. The SMILES string of the molecule is FC(F)(F)c1ccccc1/C=N/Oc1cc(Cl)cc(Cl)c1. The van der Waals surface area contributed by atoms with Crippen molar-refractivity contribution < 1.29 is 18.0 Å². The lowest BCUT2D eigenvalue weighted by Gasteiger charge is -2.09. The Bertz CT molecular complexity index is 651. The first-order valence-corrected chi connectivity index (χ1v) is 6.44. The van der Waals surface area contributed by atoms with Crippen LogP contribution in [-0.4, -0.2) is 6.21 Å². The van der Waals surface area contributed by atoms with Gasteiger partial charge in [-0.05, 0) is 12.1 Å². The van der Waals surface area contributed by atoms with Gasteiger partial charge in [0.15, 0.2) is 5.75 Å². The van der Waals surface area contributed by atoms with Crippen molar-refractivity contribution in [3.8, 4) is 5.75 Å². The number of hydrogen-bond donors (Lipinski definition) is 0. The molecule has 2 aromatic rings. The highest BCUT2D eigenvalue weighted by Crippen LogP contribution is 2.31. The van der Waals surface area contributed by atoms with Crippen LogP contribution >= 0.6 is 23.2 Å². The van der Waals surface area contributed by atoms with Gasteiger partial charge in [-0.3, -0.25) is 0 Å². The molecule has 21 heavy (non-hydrogen) atoms. The highest BCUT2D eigenvalue weighted by atomic mass is 35.5. The van der Waals surface area contributed by atoms with Crippen molar-refractivity contribution in [2.75, 3.05) is 0 Å². The van der Waals surface area contributed by atoms with Crippen LogP contribution in [0.5, 0.6) is 5.75 Å². The summed E-state index contributed by atoms with van der Waals surface area (Å²) in [5, 5.41) is 4.20. The number of halogens is 5. The maximum Gasteiger partial charge on any atom is 0.417 e. The average molecular weight is 334 g/mol. The summed E-state index contributed by atoms with van der Waals surface area (Å²) >= 11 is 11.5. The third-order valence-electron chi connectivity index (χ3n) is 2.45. The molecule has 2 rings (SSSR count). The Hall–Kier alpha value is -1.72.